The third-order valence-electron chi connectivity index (χ3n) is 3.65. The average molecular weight is 287 g/mol. The molecule has 3 rings (SSSR count). The summed E-state index contributed by atoms with van der Waals surface area (Å²) in [5.41, 5.74) is 3.59. The van der Waals surface area contributed by atoms with E-state index in [-0.39, 0.29) is 0 Å². The molecule has 2 aromatic rings. The third kappa shape index (κ3) is 2.78. The van der Waals surface area contributed by atoms with E-state index < -0.39 is 12.0 Å². The van der Waals surface area contributed by atoms with Gasteiger partial charge in [0.2, 0.25) is 0 Å². The monoisotopic (exact) mass is 287 g/mol. The molecule has 0 saturated heterocycles. The molecular weight excluding hydrogens is 270 g/mol. The summed E-state index contributed by atoms with van der Waals surface area (Å²) < 4.78 is 0. The summed E-state index contributed by atoms with van der Waals surface area (Å²) in [6, 6.07) is 1.31. The molecule has 0 fully saturated rings. The van der Waals surface area contributed by atoms with Crippen LogP contribution in [0.25, 0.3) is 0 Å². The van der Waals surface area contributed by atoms with Crippen molar-refractivity contribution < 1.29 is 9.90 Å². The molecule has 0 radical (unpaired) electrons. The second kappa shape index (κ2) is 5.25. The van der Waals surface area contributed by atoms with Crippen molar-refractivity contribution in [1.82, 2.24) is 24.8 Å². The highest BCUT2D eigenvalue weighted by Gasteiger charge is 2.33. The Bertz CT molecular complexity index is 662. The summed E-state index contributed by atoms with van der Waals surface area (Å²) in [7, 11) is 0. The Hall–Kier alpha value is -2.28. The van der Waals surface area contributed by atoms with Crippen LogP contribution >= 0.6 is 0 Å². The second-order valence-electron chi connectivity index (χ2n) is 5.36. The first-order chi connectivity index (χ1) is 10.0. The Morgan fingerprint density at radius 3 is 2.81 bits per heavy atom. The van der Waals surface area contributed by atoms with Crippen molar-refractivity contribution in [2.24, 2.45) is 0 Å². The number of imidazole rings is 1. The molecule has 1 aliphatic rings. The molecular formula is C14H17N5O2. The molecule has 0 aliphatic carbocycles. The van der Waals surface area contributed by atoms with Gasteiger partial charge in [-0.1, -0.05) is 0 Å². The molecule has 1 atom stereocenters. The molecule has 2 N–H and O–H groups in total. The van der Waals surface area contributed by atoms with Gasteiger partial charge >= 0.3 is 5.97 Å². The summed E-state index contributed by atoms with van der Waals surface area (Å²) >= 11 is 0. The minimum absolute atomic E-state index is 0.402. The molecule has 0 unspecified atom stereocenters. The van der Waals surface area contributed by atoms with Crippen LogP contribution in [-0.4, -0.2) is 42.0 Å². The fraction of sp³-hybridized carbons (Fsp3) is 0.429. The molecule has 0 amide bonds. The van der Waals surface area contributed by atoms with Gasteiger partial charge in [-0.3, -0.25) is 9.69 Å². The minimum Gasteiger partial charge on any atom is -0.480 e. The maximum atomic E-state index is 11.5. The Morgan fingerprint density at radius 1 is 1.43 bits per heavy atom. The van der Waals surface area contributed by atoms with Gasteiger partial charge in [-0.2, -0.15) is 0 Å². The standard InChI is InChI=1S/C14H17N5O2/c1-8-3-9(2)18-13(17-8)6-19-5-11-10(15-7-16-11)4-12(19)14(20)21/h3,7,12H,4-6H2,1-2H3,(H,15,16)(H,20,21)/t12-/m0/s1. The van der Waals surface area contributed by atoms with Crippen LogP contribution in [0, 0.1) is 13.8 Å². The van der Waals surface area contributed by atoms with E-state index in [1.807, 2.05) is 24.8 Å². The highest BCUT2D eigenvalue weighted by atomic mass is 16.4. The first-order valence-corrected chi connectivity index (χ1v) is 6.82. The van der Waals surface area contributed by atoms with E-state index in [1.165, 1.54) is 0 Å². The third-order valence-corrected chi connectivity index (χ3v) is 3.65. The highest BCUT2D eigenvalue weighted by molar-refractivity contribution is 5.74. The lowest BCUT2D eigenvalue weighted by Crippen LogP contribution is -2.45. The van der Waals surface area contributed by atoms with E-state index in [0.29, 0.717) is 25.3 Å². The quantitative estimate of drug-likeness (QED) is 0.868. The van der Waals surface area contributed by atoms with Crippen LogP contribution in [0.15, 0.2) is 12.4 Å². The number of nitrogens with one attached hydrogen (secondary N) is 1. The van der Waals surface area contributed by atoms with Gasteiger partial charge in [0, 0.05) is 24.4 Å². The number of hydrogen-bond donors (Lipinski definition) is 2. The largest absolute Gasteiger partial charge is 0.480 e. The van der Waals surface area contributed by atoms with Gasteiger partial charge in [0.05, 0.1) is 24.3 Å². The zero-order valence-corrected chi connectivity index (χ0v) is 12.0. The van der Waals surface area contributed by atoms with Crippen LogP contribution in [0.5, 0.6) is 0 Å². The summed E-state index contributed by atoms with van der Waals surface area (Å²) in [4.78, 5) is 29.4. The number of aryl methyl sites for hydroxylation is 2. The molecule has 3 heterocycles. The van der Waals surface area contributed by atoms with E-state index in [4.69, 9.17) is 0 Å². The number of hydrogen-bond acceptors (Lipinski definition) is 5. The lowest BCUT2D eigenvalue weighted by molar-refractivity contribution is -0.144. The van der Waals surface area contributed by atoms with E-state index in [2.05, 4.69) is 19.9 Å². The summed E-state index contributed by atoms with van der Waals surface area (Å²) in [6.45, 7) is 4.76. The van der Waals surface area contributed by atoms with Crippen LogP contribution in [0.1, 0.15) is 28.6 Å². The summed E-state index contributed by atoms with van der Waals surface area (Å²) in [5.74, 6) is -0.185. The number of aromatic nitrogens is 4. The molecule has 7 nitrogen and oxygen atoms in total. The van der Waals surface area contributed by atoms with E-state index >= 15 is 0 Å². The van der Waals surface area contributed by atoms with Crippen molar-refractivity contribution in [3.05, 3.63) is 41.0 Å². The Balaban J connectivity index is 1.87. The van der Waals surface area contributed by atoms with Gasteiger partial charge < -0.3 is 10.1 Å². The average Bonchev–Trinajstić information content (AvgIpc) is 2.83. The topological polar surface area (TPSA) is 95.0 Å². The van der Waals surface area contributed by atoms with Gasteiger partial charge in [0.25, 0.3) is 0 Å². The number of carboxylic acid groups (broad SMARTS) is 1. The Kier molecular flexibility index (Phi) is 3.42. The first-order valence-electron chi connectivity index (χ1n) is 6.82. The molecule has 1 aliphatic heterocycles. The number of nitrogens with zero attached hydrogens (tertiary/aromatic N) is 4. The van der Waals surface area contributed by atoms with Crippen LogP contribution in [0.2, 0.25) is 0 Å². The van der Waals surface area contributed by atoms with Crippen molar-refractivity contribution in [3.63, 3.8) is 0 Å². The number of rotatable bonds is 3. The van der Waals surface area contributed by atoms with Gasteiger partial charge in [0.1, 0.15) is 11.9 Å². The molecule has 21 heavy (non-hydrogen) atoms. The Labute approximate surface area is 122 Å². The molecule has 7 heteroatoms. The minimum atomic E-state index is -0.840. The fourth-order valence-electron chi connectivity index (χ4n) is 2.75. The molecule has 0 aromatic carbocycles. The highest BCUT2D eigenvalue weighted by Crippen LogP contribution is 2.22. The predicted molar refractivity (Wildman–Crippen MR) is 74.5 cm³/mol. The van der Waals surface area contributed by atoms with E-state index in [1.54, 1.807) is 6.33 Å². The predicted octanol–water partition coefficient (Wildman–Crippen LogP) is 0.828. The molecule has 0 spiro atoms. The van der Waals surface area contributed by atoms with Gasteiger partial charge in [0.15, 0.2) is 0 Å². The van der Waals surface area contributed by atoms with Crippen molar-refractivity contribution >= 4 is 5.97 Å². The van der Waals surface area contributed by atoms with Crippen LogP contribution in [0.3, 0.4) is 0 Å². The van der Waals surface area contributed by atoms with E-state index in [9.17, 15) is 9.90 Å². The van der Waals surface area contributed by atoms with Crippen molar-refractivity contribution in [3.8, 4) is 0 Å². The number of fused-ring (bicyclic) bond motifs is 1. The van der Waals surface area contributed by atoms with Gasteiger partial charge in [-0.25, -0.2) is 15.0 Å². The first kappa shape index (κ1) is 13.7. The molecule has 0 saturated carbocycles. The molecule has 0 bridgehead atoms. The normalized spacial score (nSPS) is 18.5. The number of carboxylic acids is 1. The van der Waals surface area contributed by atoms with Gasteiger partial charge in [-0.05, 0) is 19.9 Å². The van der Waals surface area contributed by atoms with Crippen LogP contribution in [0.4, 0.5) is 0 Å². The summed E-state index contributed by atoms with van der Waals surface area (Å²) in [5, 5.41) is 9.44. The number of H-pyrrole nitrogens is 1. The number of carbonyl (C=O) groups is 1. The van der Waals surface area contributed by atoms with Crippen molar-refractivity contribution in [1.29, 1.82) is 0 Å². The maximum absolute atomic E-state index is 11.5. The SMILES string of the molecule is Cc1cc(C)nc(CN2Cc3[nH]cnc3C[C@H]2C(=O)O)n1. The second-order valence-corrected chi connectivity index (χ2v) is 5.36. The van der Waals surface area contributed by atoms with Crippen LogP contribution < -0.4 is 0 Å². The smallest absolute Gasteiger partial charge is 0.321 e. The Morgan fingerprint density at radius 2 is 2.14 bits per heavy atom. The zero-order valence-electron chi connectivity index (χ0n) is 12.0. The zero-order chi connectivity index (χ0) is 15.0. The maximum Gasteiger partial charge on any atom is 0.321 e. The fourth-order valence-corrected chi connectivity index (χ4v) is 2.75. The number of aliphatic carboxylic acids is 1. The van der Waals surface area contributed by atoms with Gasteiger partial charge in [-0.15, -0.1) is 0 Å². The molecule has 2 aromatic heterocycles. The lowest BCUT2D eigenvalue weighted by atomic mass is 10.0. The van der Waals surface area contributed by atoms with Crippen LogP contribution in [-0.2, 0) is 24.3 Å². The lowest BCUT2D eigenvalue weighted by Gasteiger charge is -2.31. The molecule has 110 valence electrons. The van der Waals surface area contributed by atoms with Crippen molar-refractivity contribution in [2.75, 3.05) is 0 Å². The number of aromatic amines is 1. The van der Waals surface area contributed by atoms with Crippen molar-refractivity contribution in [2.45, 2.75) is 39.4 Å². The van der Waals surface area contributed by atoms with E-state index in [0.717, 1.165) is 22.8 Å². The summed E-state index contributed by atoms with van der Waals surface area (Å²) in [6.07, 6.45) is 2.01.